The van der Waals surface area contributed by atoms with Crippen LogP contribution in [0.1, 0.15) is 20.8 Å². The molecule has 0 aliphatic rings. The van der Waals surface area contributed by atoms with Crippen LogP contribution >= 0.6 is 0 Å². The van der Waals surface area contributed by atoms with Crippen molar-refractivity contribution >= 4 is 33.2 Å². The molecule has 0 saturated heterocycles. The average molecular weight is 469 g/mol. The third kappa shape index (κ3) is 4.03. The summed E-state index contributed by atoms with van der Waals surface area (Å²) in [5, 5.41) is 2.48. The van der Waals surface area contributed by atoms with Gasteiger partial charge in [0.1, 0.15) is 5.52 Å². The second kappa shape index (κ2) is 8.69. The molecular weight excluding hydrogens is 440 g/mol. The molecule has 0 saturated carbocycles. The molecule has 1 heterocycles. The predicted octanol–water partition coefficient (Wildman–Crippen LogP) is 9.25. The summed E-state index contributed by atoms with van der Waals surface area (Å²) in [6.07, 6.45) is 0. The van der Waals surface area contributed by atoms with Crippen molar-refractivity contribution in [3.05, 3.63) is 115 Å². The fourth-order valence-electron chi connectivity index (χ4n) is 4.93. The molecule has 0 fully saturated rings. The predicted molar refractivity (Wildman–Crippen MR) is 151 cm³/mol. The lowest BCUT2D eigenvalue weighted by Crippen LogP contribution is -2.37. The van der Waals surface area contributed by atoms with E-state index < -0.39 is 0 Å². The Morgan fingerprint density at radius 2 is 1.31 bits per heavy atom. The molecule has 3 heteroatoms. The summed E-state index contributed by atoms with van der Waals surface area (Å²) in [5.74, 6) is 0.640. The number of anilines is 2. The lowest BCUT2D eigenvalue weighted by Gasteiger charge is -2.38. The van der Waals surface area contributed by atoms with Gasteiger partial charge in [-0.1, -0.05) is 72.8 Å². The van der Waals surface area contributed by atoms with Crippen molar-refractivity contribution in [2.24, 2.45) is 0 Å². The fourth-order valence-corrected chi connectivity index (χ4v) is 4.93. The average Bonchev–Trinajstić information content (AvgIpc) is 3.33. The molecule has 176 valence electrons. The van der Waals surface area contributed by atoms with Gasteiger partial charge in [0, 0.05) is 28.0 Å². The maximum Gasteiger partial charge on any atom is 0.227 e. The van der Waals surface area contributed by atoms with Gasteiger partial charge >= 0.3 is 0 Å². The highest BCUT2D eigenvalue weighted by atomic mass is 16.3. The number of benzene rings is 5. The topological polar surface area (TPSA) is 29.3 Å². The molecule has 0 amide bonds. The summed E-state index contributed by atoms with van der Waals surface area (Å²) >= 11 is 0. The number of para-hydroxylation sites is 1. The molecule has 5 aromatic carbocycles. The number of fused-ring (bicyclic) bond motifs is 2. The van der Waals surface area contributed by atoms with Crippen molar-refractivity contribution in [3.8, 4) is 22.6 Å². The number of oxazole rings is 1. The lowest BCUT2D eigenvalue weighted by molar-refractivity contribution is 0.560. The molecule has 0 aliphatic carbocycles. The molecule has 0 aliphatic heterocycles. The molecular formula is C33H28N2O. The van der Waals surface area contributed by atoms with E-state index in [1.807, 2.05) is 42.5 Å². The van der Waals surface area contributed by atoms with Crippen LogP contribution in [0.4, 0.5) is 11.4 Å². The van der Waals surface area contributed by atoms with E-state index in [0.717, 1.165) is 33.5 Å². The maximum atomic E-state index is 6.32. The molecule has 6 aromatic rings. The number of rotatable bonds is 4. The van der Waals surface area contributed by atoms with E-state index in [1.54, 1.807) is 0 Å². The van der Waals surface area contributed by atoms with E-state index in [1.165, 1.54) is 16.5 Å². The molecule has 6 rings (SSSR count). The molecule has 1 aromatic heterocycles. The van der Waals surface area contributed by atoms with Gasteiger partial charge in [-0.15, -0.1) is 0 Å². The minimum absolute atomic E-state index is 0.125. The minimum Gasteiger partial charge on any atom is -0.435 e. The standard InChI is InChI=1S/C33H28N2O/c1-33(2,3)35(28-20-19-23-11-7-8-14-25(23)21-28)27-16-9-15-26(22-27)29-17-10-18-30-31(29)36-32(34-30)24-12-5-4-6-13-24/h4-22H,1-3H3. The Morgan fingerprint density at radius 1 is 0.611 bits per heavy atom. The van der Waals surface area contributed by atoms with Crippen molar-refractivity contribution in [1.82, 2.24) is 4.98 Å². The van der Waals surface area contributed by atoms with Crippen LogP contribution in [-0.4, -0.2) is 10.5 Å². The Balaban J connectivity index is 1.46. The van der Waals surface area contributed by atoms with E-state index in [0.29, 0.717) is 5.89 Å². The van der Waals surface area contributed by atoms with E-state index in [9.17, 15) is 0 Å². The highest BCUT2D eigenvalue weighted by Gasteiger charge is 2.24. The van der Waals surface area contributed by atoms with Gasteiger partial charge in [0.15, 0.2) is 5.58 Å². The van der Waals surface area contributed by atoms with Crippen LogP contribution in [0.2, 0.25) is 0 Å². The number of hydrogen-bond acceptors (Lipinski definition) is 3. The normalized spacial score (nSPS) is 11.8. The van der Waals surface area contributed by atoms with Gasteiger partial charge < -0.3 is 9.32 Å². The quantitative estimate of drug-likeness (QED) is 0.258. The molecule has 0 N–H and O–H groups in total. The summed E-state index contributed by atoms with van der Waals surface area (Å²) in [4.78, 5) is 7.17. The first-order valence-electron chi connectivity index (χ1n) is 12.3. The smallest absolute Gasteiger partial charge is 0.227 e. The van der Waals surface area contributed by atoms with Crippen LogP contribution in [0.15, 0.2) is 120 Å². The van der Waals surface area contributed by atoms with Crippen LogP contribution in [0, 0.1) is 0 Å². The summed E-state index contributed by atoms with van der Waals surface area (Å²) in [5.41, 5.74) is 6.96. The third-order valence-electron chi connectivity index (χ3n) is 6.51. The Bertz CT molecular complexity index is 1680. The van der Waals surface area contributed by atoms with Gasteiger partial charge in [0.05, 0.1) is 0 Å². The second-order valence-corrected chi connectivity index (χ2v) is 10.1. The monoisotopic (exact) mass is 468 g/mol. The van der Waals surface area contributed by atoms with Crippen molar-refractivity contribution in [2.45, 2.75) is 26.3 Å². The summed E-state index contributed by atoms with van der Waals surface area (Å²) in [6.45, 7) is 6.74. The molecule has 0 atom stereocenters. The lowest BCUT2D eigenvalue weighted by atomic mass is 9.99. The van der Waals surface area contributed by atoms with Gasteiger partial charge in [0.2, 0.25) is 5.89 Å². The van der Waals surface area contributed by atoms with Crippen LogP contribution in [-0.2, 0) is 0 Å². The number of aromatic nitrogens is 1. The molecule has 0 bridgehead atoms. The van der Waals surface area contributed by atoms with Gasteiger partial charge in [-0.25, -0.2) is 4.98 Å². The van der Waals surface area contributed by atoms with Gasteiger partial charge in [-0.2, -0.15) is 0 Å². The molecule has 36 heavy (non-hydrogen) atoms. The Hall–Kier alpha value is -4.37. The Kier molecular flexibility index (Phi) is 5.34. The zero-order valence-electron chi connectivity index (χ0n) is 20.8. The van der Waals surface area contributed by atoms with E-state index >= 15 is 0 Å². The van der Waals surface area contributed by atoms with Crippen molar-refractivity contribution < 1.29 is 4.42 Å². The molecule has 0 radical (unpaired) electrons. The van der Waals surface area contributed by atoms with Gasteiger partial charge in [-0.3, -0.25) is 0 Å². The highest BCUT2D eigenvalue weighted by molar-refractivity contribution is 5.93. The third-order valence-corrected chi connectivity index (χ3v) is 6.51. The summed E-state index contributed by atoms with van der Waals surface area (Å²) < 4.78 is 6.32. The molecule has 0 spiro atoms. The van der Waals surface area contributed by atoms with Crippen LogP contribution in [0.25, 0.3) is 44.5 Å². The van der Waals surface area contributed by atoms with Crippen molar-refractivity contribution in [3.63, 3.8) is 0 Å². The first-order valence-corrected chi connectivity index (χ1v) is 12.3. The van der Waals surface area contributed by atoms with Crippen LogP contribution < -0.4 is 4.90 Å². The maximum absolute atomic E-state index is 6.32. The highest BCUT2D eigenvalue weighted by Crippen LogP contribution is 2.38. The van der Waals surface area contributed by atoms with Crippen LogP contribution in [0.3, 0.4) is 0 Å². The number of nitrogens with zero attached hydrogens (tertiary/aromatic N) is 2. The first-order chi connectivity index (χ1) is 17.5. The summed E-state index contributed by atoms with van der Waals surface area (Å²) in [7, 11) is 0. The van der Waals surface area contributed by atoms with E-state index in [4.69, 9.17) is 9.40 Å². The SMILES string of the molecule is CC(C)(C)N(c1cccc(-c2cccc3nc(-c4ccccc4)oc23)c1)c1ccc2ccccc2c1. The first kappa shape index (κ1) is 22.1. The minimum atomic E-state index is -0.125. The van der Waals surface area contributed by atoms with E-state index in [-0.39, 0.29) is 5.54 Å². The molecule has 0 unspecified atom stereocenters. The zero-order chi connectivity index (χ0) is 24.7. The Morgan fingerprint density at radius 3 is 2.11 bits per heavy atom. The number of hydrogen-bond donors (Lipinski definition) is 0. The largest absolute Gasteiger partial charge is 0.435 e. The summed E-state index contributed by atoms with van der Waals surface area (Å²) in [6, 6.07) is 40.1. The van der Waals surface area contributed by atoms with Crippen LogP contribution in [0.5, 0.6) is 0 Å². The zero-order valence-corrected chi connectivity index (χ0v) is 20.8. The van der Waals surface area contributed by atoms with E-state index in [2.05, 4.69) is 98.5 Å². The van der Waals surface area contributed by atoms with Gasteiger partial charge in [-0.05, 0) is 79.6 Å². The second-order valence-electron chi connectivity index (χ2n) is 10.1. The Labute approximate surface area is 211 Å². The van der Waals surface area contributed by atoms with Crippen molar-refractivity contribution in [1.29, 1.82) is 0 Å². The van der Waals surface area contributed by atoms with Gasteiger partial charge in [0.25, 0.3) is 0 Å². The molecule has 3 nitrogen and oxygen atoms in total. The van der Waals surface area contributed by atoms with Crippen molar-refractivity contribution in [2.75, 3.05) is 4.90 Å². The fraction of sp³-hybridized carbons (Fsp3) is 0.121.